The third-order valence-electron chi connectivity index (χ3n) is 7.12. The highest BCUT2D eigenvalue weighted by atomic mass is 31.2. The van der Waals surface area contributed by atoms with Gasteiger partial charge in [0.2, 0.25) is 0 Å². The SMILES string of the molecule is C[C@H](NP(=O)(OC[C@H]1OC(n2ccc(=O)[nH]c2=O)[C@](C)(F)[C@@H]1O)Oc1ccc(F)cc1)C(=O)COC1CCCCC1. The average Bonchev–Trinajstić information content (AvgIpc) is 3.16. The van der Waals surface area contributed by atoms with Crippen LogP contribution in [0.3, 0.4) is 0 Å². The average molecular weight is 602 g/mol. The molecule has 12 nitrogen and oxygen atoms in total. The van der Waals surface area contributed by atoms with Gasteiger partial charge in [-0.1, -0.05) is 19.3 Å². The number of aliphatic hydroxyl groups is 1. The molecule has 1 aromatic heterocycles. The zero-order valence-electron chi connectivity index (χ0n) is 22.7. The molecule has 15 heteroatoms. The molecule has 0 amide bonds. The van der Waals surface area contributed by atoms with Gasteiger partial charge in [-0.15, -0.1) is 0 Å². The van der Waals surface area contributed by atoms with E-state index in [9.17, 15) is 28.4 Å². The number of Topliss-reactive ketones (excluding diaryl/α,β-unsaturated/α-hetero) is 1. The van der Waals surface area contributed by atoms with Crippen LogP contribution in [-0.2, 0) is 23.4 Å². The van der Waals surface area contributed by atoms with Crippen molar-refractivity contribution in [3.05, 3.63) is 63.2 Å². The number of nitrogens with zero attached hydrogens (tertiary/aromatic N) is 1. The third-order valence-corrected chi connectivity index (χ3v) is 8.76. The molecule has 0 spiro atoms. The molecule has 3 N–H and O–H groups in total. The molecule has 1 aliphatic carbocycles. The number of alkyl halides is 1. The zero-order chi connectivity index (χ0) is 29.8. The van der Waals surface area contributed by atoms with Gasteiger partial charge < -0.3 is 19.1 Å². The smallest absolute Gasteiger partial charge is 0.413 e. The molecule has 0 radical (unpaired) electrons. The summed E-state index contributed by atoms with van der Waals surface area (Å²) in [5.74, 6) is -1.05. The van der Waals surface area contributed by atoms with Crippen molar-refractivity contribution < 1.29 is 41.8 Å². The van der Waals surface area contributed by atoms with E-state index in [0.717, 1.165) is 68.0 Å². The predicted molar refractivity (Wildman–Crippen MR) is 142 cm³/mol. The first-order valence-electron chi connectivity index (χ1n) is 13.3. The van der Waals surface area contributed by atoms with Gasteiger partial charge in [0, 0.05) is 12.3 Å². The monoisotopic (exact) mass is 601 g/mol. The number of halogens is 2. The van der Waals surface area contributed by atoms with Crippen molar-refractivity contribution in [2.24, 2.45) is 0 Å². The van der Waals surface area contributed by atoms with Crippen molar-refractivity contribution in [3.63, 3.8) is 0 Å². The fraction of sp³-hybridized carbons (Fsp3) is 0.577. The first-order valence-corrected chi connectivity index (χ1v) is 14.9. The van der Waals surface area contributed by atoms with E-state index in [0.29, 0.717) is 0 Å². The number of benzene rings is 1. The van der Waals surface area contributed by atoms with Crippen LogP contribution >= 0.6 is 7.75 Å². The summed E-state index contributed by atoms with van der Waals surface area (Å²) in [6, 6.07) is 4.45. The van der Waals surface area contributed by atoms with Gasteiger partial charge in [-0.25, -0.2) is 23.2 Å². The number of aliphatic hydroxyl groups excluding tert-OH is 1. The van der Waals surface area contributed by atoms with Gasteiger partial charge in [-0.05, 0) is 51.0 Å². The van der Waals surface area contributed by atoms with E-state index in [1.165, 1.54) is 19.1 Å². The molecule has 2 aliphatic rings. The fourth-order valence-electron chi connectivity index (χ4n) is 4.72. The Balaban J connectivity index is 1.47. The maximum Gasteiger partial charge on any atom is 0.459 e. The number of ketones is 1. The van der Waals surface area contributed by atoms with Gasteiger partial charge >= 0.3 is 13.4 Å². The highest BCUT2D eigenvalue weighted by Crippen LogP contribution is 2.47. The third kappa shape index (κ3) is 7.76. The second-order valence-electron chi connectivity index (χ2n) is 10.4. The Hall–Kier alpha value is -2.74. The Morgan fingerprint density at radius 3 is 2.59 bits per heavy atom. The van der Waals surface area contributed by atoms with Gasteiger partial charge in [0.1, 0.15) is 30.4 Å². The van der Waals surface area contributed by atoms with E-state index < -0.39 is 67.3 Å². The van der Waals surface area contributed by atoms with E-state index in [1.54, 1.807) is 0 Å². The molecule has 4 rings (SSSR count). The summed E-state index contributed by atoms with van der Waals surface area (Å²) >= 11 is 0. The van der Waals surface area contributed by atoms with Crippen LogP contribution in [0.1, 0.15) is 52.2 Å². The summed E-state index contributed by atoms with van der Waals surface area (Å²) in [5, 5.41) is 13.2. The largest absolute Gasteiger partial charge is 0.459 e. The second kappa shape index (κ2) is 13.1. The van der Waals surface area contributed by atoms with Crippen LogP contribution in [0, 0.1) is 5.82 Å². The summed E-state index contributed by atoms with van der Waals surface area (Å²) in [6.45, 7) is 1.52. The molecule has 41 heavy (non-hydrogen) atoms. The van der Waals surface area contributed by atoms with Crippen molar-refractivity contribution >= 4 is 13.5 Å². The summed E-state index contributed by atoms with van der Waals surface area (Å²) in [4.78, 5) is 38.4. The van der Waals surface area contributed by atoms with Crippen LogP contribution < -0.4 is 20.9 Å². The summed E-state index contributed by atoms with van der Waals surface area (Å²) in [6.07, 6.45) is 0.910. The molecule has 1 saturated carbocycles. The standard InChI is InChI=1S/C26H34F2N3O9P/c1-16(20(32)14-37-18-6-4-3-5-7-18)30-41(36,40-19-10-8-17(27)9-11-19)38-15-21-23(34)26(2,28)24(39-21)31-13-12-22(33)29-25(31)35/h8-13,16,18,21,23-24,34H,3-7,14-15H2,1-2H3,(H,30,36)(H,29,33,35)/t16-,21+,23+,24?,26+,41?/m0/s1. The van der Waals surface area contributed by atoms with Crippen molar-refractivity contribution in [3.8, 4) is 5.75 Å². The van der Waals surface area contributed by atoms with Gasteiger partial charge in [-0.2, -0.15) is 0 Å². The van der Waals surface area contributed by atoms with E-state index in [4.69, 9.17) is 18.5 Å². The van der Waals surface area contributed by atoms with Crippen molar-refractivity contribution in [1.29, 1.82) is 0 Å². The van der Waals surface area contributed by atoms with Crippen LogP contribution in [-0.4, -0.2) is 63.7 Å². The highest BCUT2D eigenvalue weighted by molar-refractivity contribution is 7.52. The molecule has 0 bridgehead atoms. The fourth-order valence-corrected chi connectivity index (χ4v) is 6.26. The van der Waals surface area contributed by atoms with Crippen molar-refractivity contribution in [2.45, 2.75) is 82.2 Å². The molecular weight excluding hydrogens is 567 g/mol. The number of hydrogen-bond donors (Lipinski definition) is 3. The van der Waals surface area contributed by atoms with Gasteiger partial charge in [-0.3, -0.25) is 23.7 Å². The molecule has 6 atom stereocenters. The number of nitrogens with one attached hydrogen (secondary N) is 2. The topological polar surface area (TPSA) is 158 Å². The Bertz CT molecular complexity index is 1360. The van der Waals surface area contributed by atoms with E-state index in [2.05, 4.69) is 5.09 Å². The quantitative estimate of drug-likeness (QED) is 0.309. The van der Waals surface area contributed by atoms with Gasteiger partial charge in [0.25, 0.3) is 5.56 Å². The number of H-pyrrole nitrogens is 1. The summed E-state index contributed by atoms with van der Waals surface area (Å²) in [5.41, 5.74) is -4.19. The second-order valence-corrected chi connectivity index (χ2v) is 12.1. The van der Waals surface area contributed by atoms with Crippen molar-refractivity contribution in [2.75, 3.05) is 13.2 Å². The molecule has 1 aliphatic heterocycles. The first-order chi connectivity index (χ1) is 19.4. The van der Waals surface area contributed by atoms with E-state index >= 15 is 4.39 Å². The highest BCUT2D eigenvalue weighted by Gasteiger charge is 2.56. The first kappa shape index (κ1) is 31.2. The minimum absolute atomic E-state index is 0.0302. The number of carbonyl (C=O) groups excluding carboxylic acids is 1. The number of carbonyl (C=O) groups is 1. The molecule has 2 fully saturated rings. The summed E-state index contributed by atoms with van der Waals surface area (Å²) in [7, 11) is -4.43. The lowest BCUT2D eigenvalue weighted by Gasteiger charge is -2.26. The maximum atomic E-state index is 15.6. The van der Waals surface area contributed by atoms with Crippen LogP contribution in [0.2, 0.25) is 0 Å². The number of ether oxygens (including phenoxy) is 2. The molecule has 2 unspecified atom stereocenters. The van der Waals surface area contributed by atoms with E-state index in [-0.39, 0.29) is 18.5 Å². The zero-order valence-corrected chi connectivity index (χ0v) is 23.6. The Morgan fingerprint density at radius 2 is 1.93 bits per heavy atom. The van der Waals surface area contributed by atoms with Gasteiger partial charge in [0.15, 0.2) is 17.7 Å². The lowest BCUT2D eigenvalue weighted by Crippen LogP contribution is -2.43. The molecule has 1 saturated heterocycles. The number of rotatable bonds is 12. The Labute approximate surface area is 234 Å². The number of aromatic nitrogens is 2. The Morgan fingerprint density at radius 1 is 1.24 bits per heavy atom. The van der Waals surface area contributed by atoms with E-state index in [1.807, 2.05) is 4.98 Å². The van der Waals surface area contributed by atoms with Gasteiger partial charge in [0.05, 0.1) is 18.8 Å². The minimum Gasteiger partial charge on any atom is -0.413 e. The number of aromatic amines is 1. The molecule has 2 aromatic rings. The lowest BCUT2D eigenvalue weighted by atomic mass is 9.98. The minimum atomic E-state index is -4.43. The van der Waals surface area contributed by atoms with Crippen LogP contribution in [0.5, 0.6) is 5.75 Å². The molecule has 2 heterocycles. The normalized spacial score (nSPS) is 27.3. The summed E-state index contributed by atoms with van der Waals surface area (Å²) < 4.78 is 65.8. The number of hydrogen-bond acceptors (Lipinski definition) is 9. The maximum absolute atomic E-state index is 15.6. The molecular formula is C26H34F2N3O9P. The molecule has 1 aromatic carbocycles. The predicted octanol–water partition coefficient (Wildman–Crippen LogP) is 2.76. The van der Waals surface area contributed by atoms with Crippen molar-refractivity contribution in [1.82, 2.24) is 14.6 Å². The van der Waals surface area contributed by atoms with Crippen LogP contribution in [0.25, 0.3) is 0 Å². The Kier molecular flexibility index (Phi) is 9.93. The molecule has 226 valence electrons. The lowest BCUT2D eigenvalue weighted by molar-refractivity contribution is -0.127. The van der Waals surface area contributed by atoms with Crippen LogP contribution in [0.15, 0.2) is 46.1 Å². The van der Waals surface area contributed by atoms with Crippen LogP contribution in [0.4, 0.5) is 8.78 Å².